The minimum Gasteiger partial charge on any atom is -0.494 e. The fourth-order valence-corrected chi connectivity index (χ4v) is 2.69. The molecular formula is C17H25BO3. The lowest BCUT2D eigenvalue weighted by molar-refractivity contribution is 0.00578. The molecule has 0 spiro atoms. The van der Waals surface area contributed by atoms with E-state index in [0.29, 0.717) is 12.5 Å². The molecule has 114 valence electrons. The molecule has 0 radical (unpaired) electrons. The molecule has 0 N–H and O–H groups in total. The molecule has 4 heteroatoms. The Bertz CT molecular complexity index is 519. The highest BCUT2D eigenvalue weighted by atomic mass is 16.7. The third-order valence-electron chi connectivity index (χ3n) is 4.88. The smallest absolute Gasteiger partial charge is 0.494 e. The van der Waals surface area contributed by atoms with Crippen LogP contribution in [-0.4, -0.2) is 24.9 Å². The van der Waals surface area contributed by atoms with Crippen LogP contribution in [0.3, 0.4) is 0 Å². The first-order valence-electron chi connectivity index (χ1n) is 7.96. The van der Waals surface area contributed by atoms with Crippen molar-refractivity contribution in [1.82, 2.24) is 0 Å². The lowest BCUT2D eigenvalue weighted by Gasteiger charge is -2.32. The Kier molecular flexibility index (Phi) is 3.57. The molecule has 0 unspecified atom stereocenters. The Labute approximate surface area is 128 Å². The first kappa shape index (κ1) is 14.9. The second kappa shape index (κ2) is 5.03. The van der Waals surface area contributed by atoms with Crippen LogP contribution < -0.4 is 10.2 Å². The van der Waals surface area contributed by atoms with Gasteiger partial charge in [-0.3, -0.25) is 0 Å². The van der Waals surface area contributed by atoms with Gasteiger partial charge < -0.3 is 14.0 Å². The third kappa shape index (κ3) is 2.71. The maximum Gasteiger partial charge on any atom is 0.494 e. The SMILES string of the molecule is CCOc1ccc(B2OC(C)(C)C(C)(C)O2)cc1C1CC1. The summed E-state index contributed by atoms with van der Waals surface area (Å²) in [5, 5.41) is 0. The minimum atomic E-state index is -0.296. The molecule has 1 aromatic rings. The molecule has 21 heavy (non-hydrogen) atoms. The highest BCUT2D eigenvalue weighted by Gasteiger charge is 2.51. The highest BCUT2D eigenvalue weighted by molar-refractivity contribution is 6.62. The Balaban J connectivity index is 1.88. The van der Waals surface area contributed by atoms with Crippen LogP contribution in [0.4, 0.5) is 0 Å². The van der Waals surface area contributed by atoms with Crippen molar-refractivity contribution < 1.29 is 14.0 Å². The van der Waals surface area contributed by atoms with E-state index in [1.165, 1.54) is 18.4 Å². The quantitative estimate of drug-likeness (QED) is 0.796. The predicted molar refractivity (Wildman–Crippen MR) is 85.3 cm³/mol. The molecule has 1 saturated heterocycles. The van der Waals surface area contributed by atoms with Crippen LogP contribution in [0.5, 0.6) is 5.75 Å². The van der Waals surface area contributed by atoms with Gasteiger partial charge in [0.25, 0.3) is 0 Å². The molecule has 1 saturated carbocycles. The second-order valence-electron chi connectivity index (χ2n) is 7.09. The number of ether oxygens (including phenoxy) is 1. The van der Waals surface area contributed by atoms with Gasteiger partial charge in [0, 0.05) is 0 Å². The van der Waals surface area contributed by atoms with Crippen LogP contribution >= 0.6 is 0 Å². The molecule has 3 nitrogen and oxygen atoms in total. The Morgan fingerprint density at radius 3 is 2.29 bits per heavy atom. The number of hydrogen-bond acceptors (Lipinski definition) is 3. The van der Waals surface area contributed by atoms with Gasteiger partial charge in [-0.25, -0.2) is 0 Å². The van der Waals surface area contributed by atoms with Gasteiger partial charge in [-0.15, -0.1) is 0 Å². The third-order valence-corrected chi connectivity index (χ3v) is 4.88. The van der Waals surface area contributed by atoms with Gasteiger partial charge in [0.15, 0.2) is 0 Å². The van der Waals surface area contributed by atoms with Crippen LogP contribution in [0.15, 0.2) is 18.2 Å². The Hall–Kier alpha value is -0.995. The van der Waals surface area contributed by atoms with E-state index < -0.39 is 0 Å². The van der Waals surface area contributed by atoms with Crippen molar-refractivity contribution in [3.05, 3.63) is 23.8 Å². The minimum absolute atomic E-state index is 0.289. The van der Waals surface area contributed by atoms with Gasteiger partial charge >= 0.3 is 7.12 Å². The Morgan fingerprint density at radius 1 is 1.14 bits per heavy atom. The summed E-state index contributed by atoms with van der Waals surface area (Å²) in [5.41, 5.74) is 1.81. The van der Waals surface area contributed by atoms with E-state index in [-0.39, 0.29) is 18.3 Å². The molecule has 1 heterocycles. The van der Waals surface area contributed by atoms with Crippen molar-refractivity contribution in [2.75, 3.05) is 6.61 Å². The number of rotatable bonds is 4. The van der Waals surface area contributed by atoms with E-state index in [0.717, 1.165) is 11.2 Å². The molecule has 1 aliphatic heterocycles. The molecule has 1 aliphatic carbocycles. The van der Waals surface area contributed by atoms with E-state index in [1.54, 1.807) is 0 Å². The van der Waals surface area contributed by atoms with Crippen molar-refractivity contribution in [3.8, 4) is 5.75 Å². The first-order chi connectivity index (χ1) is 9.84. The predicted octanol–water partition coefficient (Wildman–Crippen LogP) is 3.26. The summed E-state index contributed by atoms with van der Waals surface area (Å²) in [6.07, 6.45) is 2.51. The van der Waals surface area contributed by atoms with E-state index >= 15 is 0 Å². The summed E-state index contributed by atoms with van der Waals surface area (Å²) in [6, 6.07) is 6.35. The normalized spacial score (nSPS) is 23.4. The zero-order chi connectivity index (χ0) is 15.3. The van der Waals surface area contributed by atoms with Gasteiger partial charge in [0.1, 0.15) is 5.75 Å². The average molecular weight is 288 g/mol. The zero-order valence-corrected chi connectivity index (χ0v) is 13.7. The molecule has 0 aromatic heterocycles. The van der Waals surface area contributed by atoms with Crippen LogP contribution in [0.25, 0.3) is 0 Å². The summed E-state index contributed by atoms with van der Waals surface area (Å²) in [4.78, 5) is 0. The summed E-state index contributed by atoms with van der Waals surface area (Å²) in [5.74, 6) is 1.66. The van der Waals surface area contributed by atoms with Crippen LogP contribution in [-0.2, 0) is 9.31 Å². The molecule has 2 fully saturated rings. The van der Waals surface area contributed by atoms with Gasteiger partial charge in [-0.05, 0) is 70.5 Å². The van der Waals surface area contributed by atoms with E-state index in [2.05, 4.69) is 45.9 Å². The van der Waals surface area contributed by atoms with Crippen LogP contribution in [0.2, 0.25) is 0 Å². The fraction of sp³-hybridized carbons (Fsp3) is 0.647. The summed E-state index contributed by atoms with van der Waals surface area (Å²) in [7, 11) is -0.289. The van der Waals surface area contributed by atoms with E-state index in [1.807, 2.05) is 6.92 Å². The van der Waals surface area contributed by atoms with Crippen molar-refractivity contribution in [2.24, 2.45) is 0 Å². The average Bonchev–Trinajstić information content (AvgIpc) is 3.19. The molecule has 0 amide bonds. The molecule has 3 rings (SSSR count). The van der Waals surface area contributed by atoms with Crippen molar-refractivity contribution in [2.45, 2.75) is 64.6 Å². The van der Waals surface area contributed by atoms with Gasteiger partial charge in [0.2, 0.25) is 0 Å². The molecule has 1 aromatic carbocycles. The monoisotopic (exact) mass is 288 g/mol. The Morgan fingerprint density at radius 2 is 1.76 bits per heavy atom. The topological polar surface area (TPSA) is 27.7 Å². The summed E-state index contributed by atoms with van der Waals surface area (Å²) in [6.45, 7) is 11.1. The van der Waals surface area contributed by atoms with Crippen LogP contribution in [0.1, 0.15) is 58.9 Å². The first-order valence-corrected chi connectivity index (χ1v) is 7.96. The highest BCUT2D eigenvalue weighted by Crippen LogP contribution is 2.44. The maximum atomic E-state index is 6.14. The van der Waals surface area contributed by atoms with Crippen molar-refractivity contribution >= 4 is 12.6 Å². The lowest BCUT2D eigenvalue weighted by atomic mass is 9.78. The number of hydrogen-bond donors (Lipinski definition) is 0. The van der Waals surface area contributed by atoms with Crippen LogP contribution in [0, 0.1) is 0 Å². The van der Waals surface area contributed by atoms with Gasteiger partial charge in [-0.2, -0.15) is 0 Å². The van der Waals surface area contributed by atoms with Crippen molar-refractivity contribution in [1.29, 1.82) is 0 Å². The van der Waals surface area contributed by atoms with E-state index in [4.69, 9.17) is 14.0 Å². The second-order valence-corrected chi connectivity index (χ2v) is 7.09. The maximum absolute atomic E-state index is 6.14. The largest absolute Gasteiger partial charge is 0.494 e. The van der Waals surface area contributed by atoms with Crippen molar-refractivity contribution in [3.63, 3.8) is 0 Å². The number of benzene rings is 1. The van der Waals surface area contributed by atoms with Gasteiger partial charge in [0.05, 0.1) is 17.8 Å². The molecular weight excluding hydrogens is 263 g/mol. The lowest BCUT2D eigenvalue weighted by Crippen LogP contribution is -2.41. The summed E-state index contributed by atoms with van der Waals surface area (Å²) < 4.78 is 18.0. The molecule has 0 atom stereocenters. The standard InChI is InChI=1S/C17H25BO3/c1-6-19-15-10-9-13(11-14(15)12-7-8-12)18-20-16(2,3)17(4,5)21-18/h9-12H,6-8H2,1-5H3. The zero-order valence-electron chi connectivity index (χ0n) is 13.7. The fourth-order valence-electron chi connectivity index (χ4n) is 2.69. The van der Waals surface area contributed by atoms with Gasteiger partial charge in [-0.1, -0.05) is 12.1 Å². The van der Waals surface area contributed by atoms with E-state index in [9.17, 15) is 0 Å². The summed E-state index contributed by atoms with van der Waals surface area (Å²) >= 11 is 0. The molecule has 2 aliphatic rings. The molecule has 0 bridgehead atoms.